The molecule has 4 nitrogen and oxygen atoms in total. The van der Waals surface area contributed by atoms with Gasteiger partial charge in [0, 0.05) is 6.54 Å². The Bertz CT molecular complexity index is 472. The largest absolute Gasteiger partial charge is 0.444 e. The summed E-state index contributed by atoms with van der Waals surface area (Å²) >= 11 is 0. The number of rotatable bonds is 5. The molecule has 1 unspecified atom stereocenters. The van der Waals surface area contributed by atoms with Crippen molar-refractivity contribution in [3.63, 3.8) is 0 Å². The van der Waals surface area contributed by atoms with E-state index in [0.717, 1.165) is 5.56 Å². The predicted octanol–water partition coefficient (Wildman–Crippen LogP) is 3.93. The van der Waals surface area contributed by atoms with E-state index < -0.39 is 17.8 Å². The summed E-state index contributed by atoms with van der Waals surface area (Å²) in [7, 11) is 0. The Morgan fingerprint density at radius 2 is 1.73 bits per heavy atom. The van der Waals surface area contributed by atoms with Gasteiger partial charge < -0.3 is 14.7 Å². The van der Waals surface area contributed by atoms with E-state index in [1.54, 1.807) is 11.8 Å². The van der Waals surface area contributed by atoms with Gasteiger partial charge in [0.1, 0.15) is 5.60 Å². The molecule has 1 amide bonds. The number of carbonyl (C=O) groups excluding carboxylic acids is 1. The fourth-order valence-electron chi connectivity index (χ4n) is 2.08. The molecule has 0 aromatic heterocycles. The van der Waals surface area contributed by atoms with Crippen molar-refractivity contribution in [2.45, 2.75) is 65.7 Å². The number of ether oxygens (including phenoxy) is 1. The van der Waals surface area contributed by atoms with Gasteiger partial charge in [0.05, 0.1) is 12.6 Å². The maximum atomic E-state index is 12.3. The summed E-state index contributed by atoms with van der Waals surface area (Å²) in [6.45, 7) is 12.2. The first-order valence-corrected chi connectivity index (χ1v) is 7.83. The van der Waals surface area contributed by atoms with Crippen LogP contribution in [0, 0.1) is 0 Å². The van der Waals surface area contributed by atoms with E-state index in [-0.39, 0.29) is 6.54 Å². The standard InChI is InChI=1S/C18H29NO3/c1-13(2)16-9-7-15(8-10-16)12-19(11-14(3)20)17(21)22-18(4,5)6/h7-10,13-14,20H,11-12H2,1-6H3. The number of aliphatic hydroxyl groups is 1. The summed E-state index contributed by atoms with van der Waals surface area (Å²) < 4.78 is 5.41. The van der Waals surface area contributed by atoms with Crippen molar-refractivity contribution in [3.8, 4) is 0 Å². The predicted molar refractivity (Wildman–Crippen MR) is 88.9 cm³/mol. The van der Waals surface area contributed by atoms with Gasteiger partial charge in [-0.15, -0.1) is 0 Å². The molecule has 0 heterocycles. The third-order valence-electron chi connectivity index (χ3n) is 3.16. The monoisotopic (exact) mass is 307 g/mol. The fourth-order valence-corrected chi connectivity index (χ4v) is 2.08. The average molecular weight is 307 g/mol. The van der Waals surface area contributed by atoms with E-state index in [0.29, 0.717) is 12.5 Å². The Hall–Kier alpha value is -1.55. The maximum Gasteiger partial charge on any atom is 0.410 e. The average Bonchev–Trinajstić information content (AvgIpc) is 2.36. The second-order valence-corrected chi connectivity index (χ2v) is 7.11. The summed E-state index contributed by atoms with van der Waals surface area (Å²) in [6.07, 6.45) is -0.996. The zero-order chi connectivity index (χ0) is 16.9. The van der Waals surface area contributed by atoms with Crippen LogP contribution in [0.4, 0.5) is 4.79 Å². The fraction of sp³-hybridized carbons (Fsp3) is 0.611. The second-order valence-electron chi connectivity index (χ2n) is 7.11. The van der Waals surface area contributed by atoms with Gasteiger partial charge in [0.15, 0.2) is 0 Å². The minimum absolute atomic E-state index is 0.251. The molecule has 4 heteroatoms. The Balaban J connectivity index is 2.82. The minimum atomic E-state index is -0.595. The molecule has 124 valence electrons. The van der Waals surface area contributed by atoms with Crippen LogP contribution in [-0.4, -0.2) is 34.3 Å². The molecular weight excluding hydrogens is 278 g/mol. The molecule has 0 spiro atoms. The third-order valence-corrected chi connectivity index (χ3v) is 3.16. The van der Waals surface area contributed by atoms with Crippen LogP contribution in [-0.2, 0) is 11.3 Å². The molecule has 0 aliphatic rings. The molecule has 0 bridgehead atoms. The van der Waals surface area contributed by atoms with Gasteiger partial charge >= 0.3 is 6.09 Å². The van der Waals surface area contributed by atoms with Crippen LogP contribution in [0.1, 0.15) is 58.6 Å². The molecule has 0 aliphatic heterocycles. The zero-order valence-electron chi connectivity index (χ0n) is 14.6. The number of amides is 1. The Labute approximate surface area is 134 Å². The first-order chi connectivity index (χ1) is 10.1. The highest BCUT2D eigenvalue weighted by molar-refractivity contribution is 5.68. The SMILES string of the molecule is CC(O)CN(Cc1ccc(C(C)C)cc1)C(=O)OC(C)(C)C. The highest BCUT2D eigenvalue weighted by Crippen LogP contribution is 2.17. The molecule has 22 heavy (non-hydrogen) atoms. The van der Waals surface area contributed by atoms with E-state index in [1.807, 2.05) is 32.9 Å². The highest BCUT2D eigenvalue weighted by atomic mass is 16.6. The van der Waals surface area contributed by atoms with Gasteiger partial charge in [0.2, 0.25) is 0 Å². The van der Waals surface area contributed by atoms with E-state index in [4.69, 9.17) is 4.74 Å². The van der Waals surface area contributed by atoms with E-state index in [2.05, 4.69) is 26.0 Å². The minimum Gasteiger partial charge on any atom is -0.444 e. The lowest BCUT2D eigenvalue weighted by molar-refractivity contribution is 0.0142. The number of carbonyl (C=O) groups is 1. The first-order valence-electron chi connectivity index (χ1n) is 7.83. The Kier molecular flexibility index (Phi) is 6.42. The number of hydrogen-bond acceptors (Lipinski definition) is 3. The van der Waals surface area contributed by atoms with Crippen molar-refractivity contribution < 1.29 is 14.6 Å². The first kappa shape index (κ1) is 18.5. The van der Waals surface area contributed by atoms with Crippen molar-refractivity contribution >= 4 is 6.09 Å². The summed E-state index contributed by atoms with van der Waals surface area (Å²) in [5.41, 5.74) is 1.74. The third kappa shape index (κ3) is 6.48. The van der Waals surface area contributed by atoms with Gasteiger partial charge in [-0.1, -0.05) is 38.1 Å². The quantitative estimate of drug-likeness (QED) is 0.896. The molecule has 0 aliphatic carbocycles. The summed E-state index contributed by atoms with van der Waals surface area (Å²) in [5, 5.41) is 9.62. The summed E-state index contributed by atoms with van der Waals surface area (Å²) in [5.74, 6) is 0.480. The Morgan fingerprint density at radius 1 is 1.18 bits per heavy atom. The highest BCUT2D eigenvalue weighted by Gasteiger charge is 2.23. The molecular formula is C18H29NO3. The zero-order valence-corrected chi connectivity index (χ0v) is 14.6. The van der Waals surface area contributed by atoms with Crippen LogP contribution in [0.2, 0.25) is 0 Å². The summed E-state index contributed by atoms with van der Waals surface area (Å²) in [6, 6.07) is 8.20. The van der Waals surface area contributed by atoms with Gasteiger partial charge in [-0.3, -0.25) is 0 Å². The topological polar surface area (TPSA) is 49.8 Å². The lowest BCUT2D eigenvalue weighted by Gasteiger charge is -2.28. The molecule has 1 rings (SSSR count). The molecule has 0 saturated carbocycles. The van der Waals surface area contributed by atoms with E-state index >= 15 is 0 Å². The lowest BCUT2D eigenvalue weighted by atomic mass is 10.0. The molecule has 1 N–H and O–H groups in total. The molecule has 1 aromatic carbocycles. The second kappa shape index (κ2) is 7.63. The summed E-state index contributed by atoms with van der Waals surface area (Å²) in [4.78, 5) is 13.8. The van der Waals surface area contributed by atoms with Crippen LogP contribution < -0.4 is 0 Å². The normalized spacial score (nSPS) is 13.1. The van der Waals surface area contributed by atoms with Crippen LogP contribution >= 0.6 is 0 Å². The smallest absolute Gasteiger partial charge is 0.410 e. The lowest BCUT2D eigenvalue weighted by Crippen LogP contribution is -2.40. The number of benzene rings is 1. The van der Waals surface area contributed by atoms with Crippen LogP contribution in [0.5, 0.6) is 0 Å². The number of aliphatic hydroxyl groups excluding tert-OH is 1. The number of nitrogens with zero attached hydrogens (tertiary/aromatic N) is 1. The van der Waals surface area contributed by atoms with Gasteiger partial charge in [-0.05, 0) is 44.7 Å². The molecule has 1 atom stereocenters. The molecule has 1 aromatic rings. The Morgan fingerprint density at radius 3 is 2.14 bits per heavy atom. The van der Waals surface area contributed by atoms with Crippen molar-refractivity contribution in [2.75, 3.05) is 6.54 Å². The van der Waals surface area contributed by atoms with Crippen LogP contribution in [0.3, 0.4) is 0 Å². The van der Waals surface area contributed by atoms with Gasteiger partial charge in [-0.25, -0.2) is 4.79 Å². The van der Waals surface area contributed by atoms with Crippen molar-refractivity contribution in [1.82, 2.24) is 4.90 Å². The maximum absolute atomic E-state index is 12.3. The number of hydrogen-bond donors (Lipinski definition) is 1. The molecule has 0 fully saturated rings. The van der Waals surface area contributed by atoms with Gasteiger partial charge in [-0.2, -0.15) is 0 Å². The van der Waals surface area contributed by atoms with Crippen LogP contribution in [0.25, 0.3) is 0 Å². The molecule has 0 saturated heterocycles. The van der Waals surface area contributed by atoms with E-state index in [9.17, 15) is 9.90 Å². The van der Waals surface area contributed by atoms with Crippen LogP contribution in [0.15, 0.2) is 24.3 Å². The van der Waals surface area contributed by atoms with Crippen molar-refractivity contribution in [2.24, 2.45) is 0 Å². The van der Waals surface area contributed by atoms with Crippen molar-refractivity contribution in [1.29, 1.82) is 0 Å². The van der Waals surface area contributed by atoms with E-state index in [1.165, 1.54) is 5.56 Å². The molecule has 0 radical (unpaired) electrons. The van der Waals surface area contributed by atoms with Crippen molar-refractivity contribution in [3.05, 3.63) is 35.4 Å². The van der Waals surface area contributed by atoms with Gasteiger partial charge in [0.25, 0.3) is 0 Å².